The Morgan fingerprint density at radius 1 is 0.850 bits per heavy atom. The predicted octanol–water partition coefficient (Wildman–Crippen LogP) is 9.38. The van der Waals surface area contributed by atoms with Crippen molar-refractivity contribution >= 4 is 128 Å². The molecule has 2 atom stereocenters. The molecule has 3 aromatic rings. The molecule has 15 heteroatoms. The van der Waals surface area contributed by atoms with Gasteiger partial charge in [-0.25, -0.2) is 19.1 Å². The third kappa shape index (κ3) is 6.22. The first-order valence-corrected chi connectivity index (χ1v) is 14.1. The van der Waals surface area contributed by atoms with E-state index in [1.165, 1.54) is 54.4 Å². The predicted molar refractivity (Wildman–Crippen MR) is 163 cm³/mol. The van der Waals surface area contributed by atoms with E-state index in [0.717, 1.165) is 15.9 Å². The molecule has 4 rings (SSSR count). The smallest absolute Gasteiger partial charge is 0.317 e. The van der Waals surface area contributed by atoms with E-state index in [-0.39, 0.29) is 25.8 Å². The van der Waals surface area contributed by atoms with Crippen LogP contribution in [0.3, 0.4) is 0 Å². The number of hydrogen-bond donors (Lipinski definition) is 0. The summed E-state index contributed by atoms with van der Waals surface area (Å²) in [7, 11) is 1.22. The second-order valence-electron chi connectivity index (χ2n) is 8.31. The monoisotopic (exact) mass is 702 g/mol. The van der Waals surface area contributed by atoms with Gasteiger partial charge in [-0.05, 0) is 48.5 Å². The number of carbonyl (C=O) groups excluding carboxylic acids is 2. The molecule has 0 radical (unpaired) electrons. The van der Waals surface area contributed by atoms with Gasteiger partial charge < -0.3 is 4.90 Å². The number of carbonyl (C=O) groups is 2. The summed E-state index contributed by atoms with van der Waals surface area (Å²) >= 11 is 50.4. The van der Waals surface area contributed by atoms with Gasteiger partial charge in [0.15, 0.2) is 0 Å². The van der Waals surface area contributed by atoms with E-state index in [0.29, 0.717) is 11.4 Å². The molecule has 0 spiro atoms. The lowest BCUT2D eigenvalue weighted by Gasteiger charge is -2.36. The second-order valence-corrected chi connectivity index (χ2v) is 12.8. The van der Waals surface area contributed by atoms with Crippen LogP contribution >= 0.6 is 92.8 Å². The Kier molecular flexibility index (Phi) is 9.60. The fourth-order valence-electron chi connectivity index (χ4n) is 3.81. The molecule has 1 aliphatic heterocycles. The summed E-state index contributed by atoms with van der Waals surface area (Å²) < 4.78 is 12.7. The molecular weight excluding hydrogens is 691 g/mol. The molecule has 0 bridgehead atoms. The summed E-state index contributed by atoms with van der Waals surface area (Å²) in [5.74, 6) is -2.11. The van der Waals surface area contributed by atoms with Gasteiger partial charge in [0.25, 0.3) is 5.91 Å². The van der Waals surface area contributed by atoms with E-state index in [9.17, 15) is 14.0 Å². The van der Waals surface area contributed by atoms with Crippen LogP contribution in [0, 0.1) is 5.82 Å². The third-order valence-electron chi connectivity index (χ3n) is 5.74. The van der Waals surface area contributed by atoms with Gasteiger partial charge >= 0.3 is 6.03 Å². The molecule has 2 unspecified atom stereocenters. The van der Waals surface area contributed by atoms with E-state index in [2.05, 4.69) is 4.99 Å². The number of aliphatic imine (C=N–C) groups is 1. The number of anilines is 3. The number of imide groups is 1. The van der Waals surface area contributed by atoms with Gasteiger partial charge in [-0.3, -0.25) is 9.69 Å². The van der Waals surface area contributed by atoms with Gasteiger partial charge in [0, 0.05) is 18.4 Å². The number of amides is 3. The Labute approximate surface area is 268 Å². The molecule has 3 amide bonds. The minimum absolute atomic E-state index is 0.162. The minimum atomic E-state index is -2.17. The number of rotatable bonds is 6. The average molecular weight is 706 g/mol. The maximum absolute atomic E-state index is 14.8. The van der Waals surface area contributed by atoms with E-state index in [1.807, 2.05) is 0 Å². The van der Waals surface area contributed by atoms with Gasteiger partial charge in [-0.2, -0.15) is 0 Å². The van der Waals surface area contributed by atoms with E-state index >= 15 is 0 Å². The van der Waals surface area contributed by atoms with Crippen molar-refractivity contribution in [2.75, 3.05) is 16.8 Å². The minimum Gasteiger partial charge on any atom is -0.317 e. The quantitative estimate of drug-likeness (QED) is 0.190. The largest absolute Gasteiger partial charge is 0.337 e. The molecule has 0 aromatic heterocycles. The summed E-state index contributed by atoms with van der Waals surface area (Å²) in [6, 6.07) is 13.7. The van der Waals surface area contributed by atoms with Gasteiger partial charge in [0.1, 0.15) is 17.4 Å². The van der Waals surface area contributed by atoms with Crippen LogP contribution in [-0.2, 0) is 4.79 Å². The number of urea groups is 1. The van der Waals surface area contributed by atoms with Crippen LogP contribution < -0.4 is 9.80 Å². The van der Waals surface area contributed by atoms with Crippen molar-refractivity contribution in [1.82, 2.24) is 4.90 Å². The zero-order chi connectivity index (χ0) is 29.5. The highest BCUT2D eigenvalue weighted by molar-refractivity contribution is 6.70. The molecule has 6 nitrogen and oxygen atoms in total. The Hall–Kier alpha value is -1.68. The number of amidine groups is 1. The second kappa shape index (κ2) is 12.3. The van der Waals surface area contributed by atoms with Crippen molar-refractivity contribution < 1.29 is 14.0 Å². The maximum Gasteiger partial charge on any atom is 0.337 e. The van der Waals surface area contributed by atoms with Gasteiger partial charge in [-0.1, -0.05) is 93.3 Å². The van der Waals surface area contributed by atoms with Crippen LogP contribution in [0.5, 0.6) is 0 Å². The molecular formula is C25H15Cl8FN4O2. The highest BCUT2D eigenvalue weighted by Crippen LogP contribution is 2.43. The van der Waals surface area contributed by atoms with Crippen molar-refractivity contribution in [3.63, 3.8) is 0 Å². The van der Waals surface area contributed by atoms with E-state index < -0.39 is 38.9 Å². The maximum atomic E-state index is 14.8. The molecule has 1 saturated heterocycles. The summed E-state index contributed by atoms with van der Waals surface area (Å²) in [5.41, 5.74) is 0.451. The van der Waals surface area contributed by atoms with Crippen molar-refractivity contribution in [1.29, 1.82) is 0 Å². The number of para-hydroxylation sites is 1. The summed E-state index contributed by atoms with van der Waals surface area (Å²) in [6.07, 6.45) is -1.43. The van der Waals surface area contributed by atoms with Crippen molar-refractivity contribution in [2.45, 2.75) is 15.3 Å². The standard InChI is InChI=1S/C25H15Cl8FN4O2/c1-36-23(39)22(38(24(36)40)19-5-3-2-4-18(19)34)35-21(20(30)25(31,32)33)37(12-6-8-14(26)16(28)10-12)13-7-9-15(27)17(29)11-13/h2-11,20-21H,1H3. The molecule has 0 aliphatic carbocycles. The van der Waals surface area contributed by atoms with Gasteiger partial charge in [0.05, 0.1) is 25.8 Å². The fraction of sp³-hybridized carbons (Fsp3) is 0.160. The summed E-state index contributed by atoms with van der Waals surface area (Å²) in [6.45, 7) is 0. The molecule has 0 N–H and O–H groups in total. The lowest BCUT2D eigenvalue weighted by atomic mass is 10.2. The van der Waals surface area contributed by atoms with Crippen LogP contribution in [0.2, 0.25) is 20.1 Å². The topological polar surface area (TPSA) is 56.2 Å². The van der Waals surface area contributed by atoms with E-state index in [4.69, 9.17) is 92.8 Å². The first kappa shape index (κ1) is 31.3. The Morgan fingerprint density at radius 3 is 1.85 bits per heavy atom. The molecule has 1 aliphatic rings. The zero-order valence-corrected chi connectivity index (χ0v) is 26.0. The summed E-state index contributed by atoms with van der Waals surface area (Å²) in [4.78, 5) is 34.0. The van der Waals surface area contributed by atoms with Crippen LogP contribution in [0.4, 0.5) is 26.2 Å². The number of halogens is 9. The van der Waals surface area contributed by atoms with Gasteiger partial charge in [-0.15, -0.1) is 11.6 Å². The average Bonchev–Trinajstić information content (AvgIpc) is 3.10. The first-order chi connectivity index (χ1) is 18.7. The number of likely N-dealkylation sites (N-methyl/N-ethyl adjacent to an activating group) is 1. The van der Waals surface area contributed by atoms with Crippen LogP contribution in [0.25, 0.3) is 0 Å². The van der Waals surface area contributed by atoms with Crippen LogP contribution in [0.15, 0.2) is 65.7 Å². The van der Waals surface area contributed by atoms with Crippen molar-refractivity contribution in [3.05, 3.63) is 86.6 Å². The Bertz CT molecular complexity index is 1460. The molecule has 40 heavy (non-hydrogen) atoms. The highest BCUT2D eigenvalue weighted by Gasteiger charge is 2.46. The molecule has 1 fully saturated rings. The number of nitrogens with zero attached hydrogens (tertiary/aromatic N) is 4. The molecule has 3 aromatic carbocycles. The SMILES string of the molecule is CN1C(=O)C(=NC(C(Cl)C(Cl)(Cl)Cl)N(c2ccc(Cl)c(Cl)c2)c2ccc(Cl)c(Cl)c2)N(c2ccccc2F)C1=O. The lowest BCUT2D eigenvalue weighted by molar-refractivity contribution is -0.119. The third-order valence-corrected chi connectivity index (χ3v) is 8.81. The lowest BCUT2D eigenvalue weighted by Crippen LogP contribution is -2.45. The molecule has 210 valence electrons. The Morgan fingerprint density at radius 2 is 1.38 bits per heavy atom. The normalized spacial score (nSPS) is 16.6. The van der Waals surface area contributed by atoms with Gasteiger partial charge in [0.2, 0.25) is 9.63 Å². The molecule has 1 heterocycles. The van der Waals surface area contributed by atoms with Crippen LogP contribution in [0.1, 0.15) is 0 Å². The van der Waals surface area contributed by atoms with E-state index in [1.54, 1.807) is 12.1 Å². The first-order valence-electron chi connectivity index (χ1n) is 11.1. The van der Waals surface area contributed by atoms with Crippen molar-refractivity contribution in [3.8, 4) is 0 Å². The number of hydrogen-bond acceptors (Lipinski definition) is 4. The van der Waals surface area contributed by atoms with Crippen LogP contribution in [-0.4, -0.2) is 45.1 Å². The fourth-order valence-corrected chi connectivity index (χ4v) is 4.90. The number of benzene rings is 3. The highest BCUT2D eigenvalue weighted by atomic mass is 35.6. The molecule has 0 saturated carbocycles. The summed E-state index contributed by atoms with van der Waals surface area (Å²) in [5, 5.41) is -0.665. The Balaban J connectivity index is 2.02. The van der Waals surface area contributed by atoms with Crippen molar-refractivity contribution in [2.24, 2.45) is 4.99 Å². The zero-order valence-electron chi connectivity index (χ0n) is 19.9. The number of alkyl halides is 4.